The van der Waals surface area contributed by atoms with Crippen LogP contribution in [0.1, 0.15) is 98.2 Å². The van der Waals surface area contributed by atoms with Gasteiger partial charge >= 0.3 is 0 Å². The number of ether oxygens (including phenoxy) is 1. The van der Waals surface area contributed by atoms with Crippen LogP contribution in [-0.4, -0.2) is 41.8 Å². The number of nitrogens with zero attached hydrogens (tertiary/aromatic N) is 2. The van der Waals surface area contributed by atoms with E-state index in [9.17, 15) is 0 Å². The average molecular weight is 697 g/mol. The normalized spacial score (nSPS) is 16.1. The molecule has 6 rings (SSSR count). The third kappa shape index (κ3) is 10.7. The number of piperidine rings is 2. The molecule has 2 fully saturated rings. The van der Waals surface area contributed by atoms with Gasteiger partial charge in [-0.15, -0.1) is 0 Å². The van der Waals surface area contributed by atoms with E-state index in [0.717, 1.165) is 49.9 Å². The smallest absolute Gasteiger partial charge is 0.122 e. The van der Waals surface area contributed by atoms with Gasteiger partial charge in [-0.25, -0.2) is 0 Å². The van der Waals surface area contributed by atoms with Gasteiger partial charge in [-0.1, -0.05) is 91.7 Å². The van der Waals surface area contributed by atoms with Crippen LogP contribution in [0.25, 0.3) is 5.57 Å². The maximum Gasteiger partial charge on any atom is 0.122 e. The summed E-state index contributed by atoms with van der Waals surface area (Å²) in [7, 11) is 0. The van der Waals surface area contributed by atoms with E-state index in [-0.39, 0.29) is 5.84 Å². The molecule has 52 heavy (non-hydrogen) atoms. The zero-order chi connectivity index (χ0) is 36.3. The van der Waals surface area contributed by atoms with E-state index in [1.807, 2.05) is 24.3 Å². The number of nitrogens with one attached hydrogen (secondary N) is 1. The van der Waals surface area contributed by atoms with Crippen LogP contribution in [-0.2, 0) is 32.5 Å². The van der Waals surface area contributed by atoms with E-state index >= 15 is 0 Å². The van der Waals surface area contributed by atoms with Crippen molar-refractivity contribution in [3.8, 4) is 5.75 Å². The number of hydrogen-bond donors (Lipinski definition) is 2. The molecule has 274 valence electrons. The number of aryl methyl sites for hydroxylation is 2. The Morgan fingerprint density at radius 3 is 1.69 bits per heavy atom. The molecule has 0 aromatic heterocycles. The van der Waals surface area contributed by atoms with Crippen LogP contribution in [0.4, 0.5) is 0 Å². The lowest BCUT2D eigenvalue weighted by atomic mass is 9.78. The van der Waals surface area contributed by atoms with E-state index in [1.165, 1.54) is 103 Å². The highest BCUT2D eigenvalue weighted by molar-refractivity contribution is 5.94. The number of rotatable bonds is 15. The molecule has 4 aromatic carbocycles. The third-order valence-electron chi connectivity index (χ3n) is 11.4. The van der Waals surface area contributed by atoms with Crippen LogP contribution >= 0.6 is 0 Å². The van der Waals surface area contributed by atoms with Crippen molar-refractivity contribution in [2.45, 2.75) is 91.8 Å². The van der Waals surface area contributed by atoms with Crippen LogP contribution in [0.3, 0.4) is 0 Å². The van der Waals surface area contributed by atoms with Gasteiger partial charge in [0.1, 0.15) is 18.2 Å². The van der Waals surface area contributed by atoms with E-state index in [2.05, 4.69) is 103 Å². The Hall–Kier alpha value is -4.19. The second-order valence-corrected chi connectivity index (χ2v) is 15.5. The van der Waals surface area contributed by atoms with E-state index in [0.29, 0.717) is 12.2 Å². The van der Waals surface area contributed by atoms with E-state index in [1.54, 1.807) is 0 Å². The van der Waals surface area contributed by atoms with Gasteiger partial charge in [0.2, 0.25) is 0 Å². The third-order valence-corrected chi connectivity index (χ3v) is 11.4. The summed E-state index contributed by atoms with van der Waals surface area (Å²) < 4.78 is 6.01. The van der Waals surface area contributed by atoms with Gasteiger partial charge in [0.15, 0.2) is 0 Å². The van der Waals surface area contributed by atoms with Gasteiger partial charge in [0, 0.05) is 18.7 Å². The molecule has 2 aliphatic heterocycles. The first-order chi connectivity index (χ1) is 25.3. The quantitative estimate of drug-likeness (QED) is 0.0960. The molecule has 4 aromatic rings. The molecule has 2 saturated heterocycles. The number of allylic oxidation sites excluding steroid dienone is 2. The predicted octanol–water partition coefficient (Wildman–Crippen LogP) is 10.1. The standard InChI is InChI=1S/C47H60N4O/c1-4-7-46(35(2)3)43-16-14-36(15-17-43)12-13-37-8-5-9-38(30-37)32-50-26-22-41(23-27-50)42-24-28-51(29-25-42)33-39-10-6-11-40(31-39)34-52-45-20-18-44(19-21-45)47(48)49/h5-6,8-11,14-21,30-31,41-42H,4,7,12-13,22-29,32-34H2,1-3H3,(H3,48,49). The minimum atomic E-state index is 0.0752. The summed E-state index contributed by atoms with van der Waals surface area (Å²) in [5.41, 5.74) is 17.5. The van der Waals surface area contributed by atoms with Gasteiger partial charge in [0.05, 0.1) is 0 Å². The van der Waals surface area contributed by atoms with E-state index in [4.69, 9.17) is 15.9 Å². The predicted molar refractivity (Wildman–Crippen MR) is 218 cm³/mol. The van der Waals surface area contributed by atoms with Crippen molar-refractivity contribution in [3.63, 3.8) is 0 Å². The molecule has 0 atom stereocenters. The molecule has 0 aliphatic carbocycles. The summed E-state index contributed by atoms with van der Waals surface area (Å²) in [6.45, 7) is 14.2. The second kappa shape index (κ2) is 18.5. The van der Waals surface area contributed by atoms with Crippen LogP contribution in [0.5, 0.6) is 5.75 Å². The fourth-order valence-corrected chi connectivity index (χ4v) is 8.37. The number of hydrogen-bond acceptors (Lipinski definition) is 4. The fourth-order valence-electron chi connectivity index (χ4n) is 8.37. The highest BCUT2D eigenvalue weighted by Crippen LogP contribution is 2.33. The molecule has 0 saturated carbocycles. The van der Waals surface area contributed by atoms with Crippen molar-refractivity contribution in [3.05, 3.63) is 142 Å². The highest BCUT2D eigenvalue weighted by atomic mass is 16.5. The summed E-state index contributed by atoms with van der Waals surface area (Å²) in [6.07, 6.45) is 9.86. The lowest BCUT2D eigenvalue weighted by Gasteiger charge is -2.40. The van der Waals surface area contributed by atoms with Crippen LogP contribution in [0.15, 0.2) is 103 Å². The van der Waals surface area contributed by atoms with E-state index < -0.39 is 0 Å². The van der Waals surface area contributed by atoms with Gasteiger partial charge in [-0.05, 0) is 160 Å². The SMILES string of the molecule is CCCC(=C(C)C)c1ccc(CCc2cccc(CN3CCC(C4CCN(Cc5cccc(COc6ccc(C(=N)N)cc6)c5)CC4)CC3)c2)cc1. The minimum absolute atomic E-state index is 0.0752. The lowest BCUT2D eigenvalue weighted by molar-refractivity contribution is 0.0909. The Morgan fingerprint density at radius 2 is 1.15 bits per heavy atom. The Balaban J connectivity index is 0.901. The zero-order valence-corrected chi connectivity index (χ0v) is 31.9. The van der Waals surface area contributed by atoms with Crippen molar-refractivity contribution in [2.24, 2.45) is 17.6 Å². The monoisotopic (exact) mass is 696 g/mol. The Kier molecular flexibility index (Phi) is 13.4. The number of nitrogens with two attached hydrogens (primary N) is 1. The first-order valence-corrected chi connectivity index (χ1v) is 19.8. The molecule has 2 aliphatic rings. The first kappa shape index (κ1) is 37.6. The molecule has 2 heterocycles. The van der Waals surface area contributed by atoms with Crippen molar-refractivity contribution in [1.82, 2.24) is 9.80 Å². The number of amidine groups is 1. The maximum absolute atomic E-state index is 7.56. The summed E-state index contributed by atoms with van der Waals surface area (Å²) in [6, 6.07) is 34.9. The molecule has 0 unspecified atom stereocenters. The zero-order valence-electron chi connectivity index (χ0n) is 31.9. The number of likely N-dealkylation sites (tertiary alicyclic amines) is 2. The van der Waals surface area contributed by atoms with Crippen molar-refractivity contribution >= 4 is 11.4 Å². The van der Waals surface area contributed by atoms with Crippen molar-refractivity contribution in [1.29, 1.82) is 5.41 Å². The van der Waals surface area contributed by atoms with Crippen LogP contribution in [0, 0.1) is 17.2 Å². The molecular weight excluding hydrogens is 637 g/mol. The van der Waals surface area contributed by atoms with Crippen molar-refractivity contribution in [2.75, 3.05) is 26.2 Å². The van der Waals surface area contributed by atoms with Crippen molar-refractivity contribution < 1.29 is 4.74 Å². The molecule has 0 radical (unpaired) electrons. The number of nitrogen functional groups attached to an aromatic ring is 1. The second-order valence-electron chi connectivity index (χ2n) is 15.5. The fraction of sp³-hybridized carbons (Fsp3) is 0.426. The summed E-state index contributed by atoms with van der Waals surface area (Å²) in [5, 5.41) is 7.56. The van der Waals surface area contributed by atoms with Gasteiger partial charge in [-0.2, -0.15) is 0 Å². The average Bonchev–Trinajstić information content (AvgIpc) is 3.17. The molecule has 0 amide bonds. The molecule has 5 nitrogen and oxygen atoms in total. The van der Waals surface area contributed by atoms with Gasteiger partial charge in [-0.3, -0.25) is 15.2 Å². The highest BCUT2D eigenvalue weighted by Gasteiger charge is 2.29. The Morgan fingerprint density at radius 1 is 0.654 bits per heavy atom. The molecule has 5 heteroatoms. The minimum Gasteiger partial charge on any atom is -0.489 e. The molecule has 3 N–H and O–H groups in total. The summed E-state index contributed by atoms with van der Waals surface area (Å²) >= 11 is 0. The lowest BCUT2D eigenvalue weighted by Crippen LogP contribution is -2.40. The van der Waals surface area contributed by atoms with Crippen LogP contribution in [0.2, 0.25) is 0 Å². The Labute approximate surface area is 313 Å². The van der Waals surface area contributed by atoms with Gasteiger partial charge < -0.3 is 10.5 Å². The van der Waals surface area contributed by atoms with Crippen LogP contribution < -0.4 is 10.5 Å². The first-order valence-electron chi connectivity index (χ1n) is 19.8. The molecule has 0 spiro atoms. The summed E-state index contributed by atoms with van der Waals surface area (Å²) in [5.74, 6) is 2.61. The summed E-state index contributed by atoms with van der Waals surface area (Å²) in [4.78, 5) is 5.33. The maximum atomic E-state index is 7.56. The van der Waals surface area contributed by atoms with Gasteiger partial charge in [0.25, 0.3) is 0 Å². The molecule has 0 bridgehead atoms. The number of benzene rings is 4. The topological polar surface area (TPSA) is 65.6 Å². The Bertz CT molecular complexity index is 1760. The largest absolute Gasteiger partial charge is 0.489 e. The molecular formula is C47H60N4O.